The fraction of sp³-hybridized carbons (Fsp3) is 0.600. The highest BCUT2D eigenvalue weighted by Crippen LogP contribution is 2.42. The highest BCUT2D eigenvalue weighted by molar-refractivity contribution is 6.32. The minimum absolute atomic E-state index is 0.547. The molecule has 2 rings (SSSR count). The molecule has 0 atom stereocenters. The number of methoxy groups -OCH3 is 3. The van der Waals surface area contributed by atoms with Crippen LogP contribution in [0.4, 0.5) is 0 Å². The molecular formula is C15H23ClN2O3. The van der Waals surface area contributed by atoms with E-state index < -0.39 is 0 Å². The average Bonchev–Trinajstić information content (AvgIpc) is 2.53. The second-order valence-corrected chi connectivity index (χ2v) is 5.35. The summed E-state index contributed by atoms with van der Waals surface area (Å²) in [4.78, 5) is 2.42. The Bertz CT molecular complexity index is 476. The van der Waals surface area contributed by atoms with Gasteiger partial charge in [-0.25, -0.2) is 0 Å². The van der Waals surface area contributed by atoms with Crippen LogP contribution in [0.5, 0.6) is 17.2 Å². The number of benzene rings is 1. The summed E-state index contributed by atoms with van der Waals surface area (Å²) in [6.07, 6.45) is 0.809. The standard InChI is InChI=1S/C15H23ClN2O3/c1-19-13-10-12(16)14(20-2)11(15(13)21-3)4-7-18-8-5-17-6-9-18/h10,17H,4-9H2,1-3H3. The molecule has 1 aromatic carbocycles. The maximum atomic E-state index is 6.28. The van der Waals surface area contributed by atoms with Gasteiger partial charge >= 0.3 is 0 Å². The number of hydrogen-bond acceptors (Lipinski definition) is 5. The van der Waals surface area contributed by atoms with E-state index >= 15 is 0 Å². The summed E-state index contributed by atoms with van der Waals surface area (Å²) >= 11 is 6.28. The lowest BCUT2D eigenvalue weighted by Crippen LogP contribution is -2.44. The fourth-order valence-electron chi connectivity index (χ4n) is 2.67. The largest absolute Gasteiger partial charge is 0.495 e. The fourth-order valence-corrected chi connectivity index (χ4v) is 2.96. The van der Waals surface area contributed by atoms with Gasteiger partial charge < -0.3 is 24.4 Å². The zero-order chi connectivity index (χ0) is 15.2. The molecule has 6 heteroatoms. The maximum absolute atomic E-state index is 6.28. The van der Waals surface area contributed by atoms with Crippen LogP contribution in [0.15, 0.2) is 6.07 Å². The molecule has 0 unspecified atom stereocenters. The van der Waals surface area contributed by atoms with Gasteiger partial charge in [-0.05, 0) is 6.42 Å². The third-order valence-electron chi connectivity index (χ3n) is 3.76. The van der Waals surface area contributed by atoms with Gasteiger partial charge in [0.25, 0.3) is 0 Å². The van der Waals surface area contributed by atoms with E-state index in [1.165, 1.54) is 0 Å². The third kappa shape index (κ3) is 3.73. The van der Waals surface area contributed by atoms with Crippen molar-refractivity contribution in [3.63, 3.8) is 0 Å². The Kier molecular flexibility index (Phi) is 5.96. The first-order valence-electron chi connectivity index (χ1n) is 7.11. The number of halogens is 1. The van der Waals surface area contributed by atoms with Crippen molar-refractivity contribution in [3.05, 3.63) is 16.7 Å². The second kappa shape index (κ2) is 7.73. The van der Waals surface area contributed by atoms with Gasteiger partial charge in [-0.3, -0.25) is 0 Å². The molecule has 1 saturated heterocycles. The lowest BCUT2D eigenvalue weighted by Gasteiger charge is -2.27. The zero-order valence-corrected chi connectivity index (χ0v) is 13.6. The van der Waals surface area contributed by atoms with E-state index in [1.54, 1.807) is 27.4 Å². The Morgan fingerprint density at radius 3 is 2.33 bits per heavy atom. The van der Waals surface area contributed by atoms with Gasteiger partial charge in [0.1, 0.15) is 5.75 Å². The Hall–Kier alpha value is -1.17. The Morgan fingerprint density at radius 2 is 1.76 bits per heavy atom. The van der Waals surface area contributed by atoms with Crippen molar-refractivity contribution in [1.82, 2.24) is 10.2 Å². The van der Waals surface area contributed by atoms with Crippen LogP contribution in [0.2, 0.25) is 5.02 Å². The summed E-state index contributed by atoms with van der Waals surface area (Å²) in [5.74, 6) is 2.01. The van der Waals surface area contributed by atoms with Crippen LogP contribution in [0.25, 0.3) is 0 Å². The smallest absolute Gasteiger partial charge is 0.167 e. The lowest BCUT2D eigenvalue weighted by molar-refractivity contribution is 0.241. The molecule has 0 saturated carbocycles. The zero-order valence-electron chi connectivity index (χ0n) is 12.9. The Balaban J connectivity index is 2.23. The minimum Gasteiger partial charge on any atom is -0.495 e. The topological polar surface area (TPSA) is 43.0 Å². The van der Waals surface area contributed by atoms with Crippen LogP contribution >= 0.6 is 11.6 Å². The van der Waals surface area contributed by atoms with Gasteiger partial charge in [0, 0.05) is 44.4 Å². The number of nitrogens with one attached hydrogen (secondary N) is 1. The van der Waals surface area contributed by atoms with Crippen molar-refractivity contribution in [2.45, 2.75) is 6.42 Å². The van der Waals surface area contributed by atoms with Gasteiger partial charge in [0.05, 0.1) is 26.4 Å². The van der Waals surface area contributed by atoms with E-state index in [0.29, 0.717) is 22.3 Å². The molecule has 21 heavy (non-hydrogen) atoms. The highest BCUT2D eigenvalue weighted by Gasteiger charge is 2.20. The molecule has 5 nitrogen and oxygen atoms in total. The van der Waals surface area contributed by atoms with Crippen LogP contribution in [-0.4, -0.2) is 59.0 Å². The predicted molar refractivity (Wildman–Crippen MR) is 84.1 cm³/mol. The molecule has 0 aromatic heterocycles. The summed E-state index contributed by atoms with van der Waals surface area (Å²) in [5.41, 5.74) is 0.961. The van der Waals surface area contributed by atoms with E-state index in [2.05, 4.69) is 10.2 Å². The summed E-state index contributed by atoms with van der Waals surface area (Å²) < 4.78 is 16.3. The van der Waals surface area contributed by atoms with Crippen LogP contribution < -0.4 is 19.5 Å². The molecule has 1 aromatic rings. The first-order valence-corrected chi connectivity index (χ1v) is 7.49. The van der Waals surface area contributed by atoms with Crippen LogP contribution in [-0.2, 0) is 6.42 Å². The molecule has 1 heterocycles. The maximum Gasteiger partial charge on any atom is 0.167 e. The molecule has 0 amide bonds. The van der Waals surface area contributed by atoms with E-state index in [0.717, 1.165) is 44.7 Å². The summed E-state index contributed by atoms with van der Waals surface area (Å²) in [5, 5.41) is 3.90. The number of rotatable bonds is 6. The van der Waals surface area contributed by atoms with Crippen molar-refractivity contribution in [3.8, 4) is 17.2 Å². The Labute approximate surface area is 131 Å². The first-order chi connectivity index (χ1) is 10.2. The predicted octanol–water partition coefficient (Wildman–Crippen LogP) is 1.81. The molecule has 1 fully saturated rings. The van der Waals surface area contributed by atoms with Crippen molar-refractivity contribution < 1.29 is 14.2 Å². The monoisotopic (exact) mass is 314 g/mol. The number of ether oxygens (including phenoxy) is 3. The van der Waals surface area contributed by atoms with Crippen molar-refractivity contribution in [2.75, 3.05) is 54.1 Å². The molecule has 0 bridgehead atoms. The van der Waals surface area contributed by atoms with Gasteiger partial charge in [-0.1, -0.05) is 11.6 Å². The van der Waals surface area contributed by atoms with Crippen LogP contribution in [0.3, 0.4) is 0 Å². The van der Waals surface area contributed by atoms with Gasteiger partial charge in [-0.15, -0.1) is 0 Å². The molecule has 1 aliphatic heterocycles. The van der Waals surface area contributed by atoms with Gasteiger partial charge in [0.2, 0.25) is 0 Å². The summed E-state index contributed by atoms with van der Waals surface area (Å²) in [7, 11) is 4.88. The minimum atomic E-state index is 0.547. The SMILES string of the molecule is COc1cc(Cl)c(OC)c(CCN2CCNCC2)c1OC. The number of hydrogen-bond donors (Lipinski definition) is 1. The summed E-state index contributed by atoms with van der Waals surface area (Å²) in [6, 6.07) is 1.73. The molecule has 118 valence electrons. The highest BCUT2D eigenvalue weighted by atomic mass is 35.5. The van der Waals surface area contributed by atoms with E-state index in [9.17, 15) is 0 Å². The van der Waals surface area contributed by atoms with Gasteiger partial charge in [0.15, 0.2) is 11.5 Å². The average molecular weight is 315 g/mol. The molecule has 0 radical (unpaired) electrons. The molecule has 0 spiro atoms. The summed E-state index contributed by atoms with van der Waals surface area (Å²) in [6.45, 7) is 5.13. The van der Waals surface area contributed by atoms with Crippen LogP contribution in [0, 0.1) is 0 Å². The molecule has 1 N–H and O–H groups in total. The Morgan fingerprint density at radius 1 is 1.10 bits per heavy atom. The van der Waals surface area contributed by atoms with Crippen molar-refractivity contribution in [2.24, 2.45) is 0 Å². The van der Waals surface area contributed by atoms with Crippen molar-refractivity contribution >= 4 is 11.6 Å². The van der Waals surface area contributed by atoms with E-state index in [4.69, 9.17) is 25.8 Å². The number of nitrogens with zero attached hydrogens (tertiary/aromatic N) is 1. The quantitative estimate of drug-likeness (QED) is 0.867. The molecule has 0 aliphatic carbocycles. The number of piperazine rings is 1. The molecule has 1 aliphatic rings. The van der Waals surface area contributed by atoms with E-state index in [-0.39, 0.29) is 0 Å². The van der Waals surface area contributed by atoms with E-state index in [1.807, 2.05) is 0 Å². The molecular weight excluding hydrogens is 292 g/mol. The lowest BCUT2D eigenvalue weighted by atomic mass is 10.1. The van der Waals surface area contributed by atoms with Crippen LogP contribution in [0.1, 0.15) is 5.56 Å². The third-order valence-corrected chi connectivity index (χ3v) is 4.04. The normalized spacial score (nSPS) is 15.8. The van der Waals surface area contributed by atoms with Crippen molar-refractivity contribution in [1.29, 1.82) is 0 Å². The second-order valence-electron chi connectivity index (χ2n) is 4.95. The van der Waals surface area contributed by atoms with Gasteiger partial charge in [-0.2, -0.15) is 0 Å². The first kappa shape index (κ1) is 16.2.